The molecule has 0 unspecified atom stereocenters. The number of carbonyl (C=O) groups excluding carboxylic acids is 3. The summed E-state index contributed by atoms with van der Waals surface area (Å²) in [5.74, 6) is -0.542. The Morgan fingerprint density at radius 2 is 1.67 bits per heavy atom. The molecule has 1 heterocycles. The molecule has 24 heavy (non-hydrogen) atoms. The maximum Gasteiger partial charge on any atom is 0.325 e. The molecule has 0 radical (unpaired) electrons. The Hall–Kier alpha value is -1.34. The van der Waals surface area contributed by atoms with E-state index in [2.05, 4.69) is 10.6 Å². The summed E-state index contributed by atoms with van der Waals surface area (Å²) in [5, 5.41) is 5.79. The molecule has 7 nitrogen and oxygen atoms in total. The highest BCUT2D eigenvalue weighted by Crippen LogP contribution is 2.33. The largest absolute Gasteiger partial charge is 0.348 e. The van der Waals surface area contributed by atoms with Gasteiger partial charge in [-0.15, -0.1) is 12.4 Å². The minimum atomic E-state index is -0.769. The van der Waals surface area contributed by atoms with Crippen molar-refractivity contribution in [2.24, 2.45) is 5.73 Å². The standard InChI is InChI=1S/C16H26N4O3.ClH/c17-11-15(6-4-5-7-15)18-12(21)10-20-13(22)16(19-14(20)23)8-2-1-3-9-16;/h1-11,17H2,(H,18,21)(H,19,23);1H. The summed E-state index contributed by atoms with van der Waals surface area (Å²) in [6.45, 7) is 0.178. The van der Waals surface area contributed by atoms with Crippen LogP contribution in [0.3, 0.4) is 0 Å². The molecule has 1 saturated heterocycles. The normalized spacial score (nSPS) is 24.6. The van der Waals surface area contributed by atoms with Gasteiger partial charge in [-0.25, -0.2) is 4.79 Å². The topological polar surface area (TPSA) is 105 Å². The third-order valence-corrected chi connectivity index (χ3v) is 5.61. The van der Waals surface area contributed by atoms with Gasteiger partial charge in [-0.3, -0.25) is 14.5 Å². The zero-order chi connectivity index (χ0) is 16.5. The van der Waals surface area contributed by atoms with Crippen LogP contribution >= 0.6 is 12.4 Å². The maximum absolute atomic E-state index is 12.7. The quantitative estimate of drug-likeness (QED) is 0.653. The van der Waals surface area contributed by atoms with Crippen molar-refractivity contribution in [3.8, 4) is 0 Å². The van der Waals surface area contributed by atoms with Crippen molar-refractivity contribution in [1.82, 2.24) is 15.5 Å². The molecule has 0 aromatic carbocycles. The lowest BCUT2D eigenvalue weighted by Crippen LogP contribution is -2.55. The molecule has 0 atom stereocenters. The summed E-state index contributed by atoms with van der Waals surface area (Å²) in [5.41, 5.74) is 4.69. The Labute approximate surface area is 148 Å². The van der Waals surface area contributed by atoms with E-state index >= 15 is 0 Å². The van der Waals surface area contributed by atoms with Gasteiger partial charge in [-0.05, 0) is 25.7 Å². The van der Waals surface area contributed by atoms with Crippen LogP contribution in [0.2, 0.25) is 0 Å². The Bertz CT molecular complexity index is 513. The van der Waals surface area contributed by atoms with Crippen molar-refractivity contribution in [3.05, 3.63) is 0 Å². The Morgan fingerprint density at radius 1 is 1.08 bits per heavy atom. The highest BCUT2D eigenvalue weighted by Gasteiger charge is 2.51. The molecule has 4 amide bonds. The number of nitrogens with two attached hydrogens (primary N) is 1. The summed E-state index contributed by atoms with van der Waals surface area (Å²) >= 11 is 0. The molecule has 1 aliphatic heterocycles. The molecule has 4 N–H and O–H groups in total. The minimum Gasteiger partial charge on any atom is -0.348 e. The molecule has 2 saturated carbocycles. The van der Waals surface area contributed by atoms with Crippen molar-refractivity contribution < 1.29 is 14.4 Å². The second-order valence-electron chi connectivity index (χ2n) is 7.20. The van der Waals surface area contributed by atoms with E-state index in [-0.39, 0.29) is 36.3 Å². The number of halogens is 1. The van der Waals surface area contributed by atoms with Gasteiger partial charge in [0.1, 0.15) is 12.1 Å². The van der Waals surface area contributed by atoms with E-state index in [1.807, 2.05) is 0 Å². The first kappa shape index (κ1) is 19.0. The summed E-state index contributed by atoms with van der Waals surface area (Å²) < 4.78 is 0. The number of urea groups is 1. The van der Waals surface area contributed by atoms with Gasteiger partial charge in [0.15, 0.2) is 0 Å². The average molecular weight is 359 g/mol. The minimum absolute atomic E-state index is 0. The molecule has 2 aliphatic carbocycles. The number of rotatable bonds is 4. The van der Waals surface area contributed by atoms with Crippen LogP contribution in [-0.4, -0.2) is 46.9 Å². The van der Waals surface area contributed by atoms with Crippen molar-refractivity contribution in [2.45, 2.75) is 68.9 Å². The molecule has 0 aromatic rings. The predicted octanol–water partition coefficient (Wildman–Crippen LogP) is 1.05. The van der Waals surface area contributed by atoms with E-state index in [1.165, 1.54) is 0 Å². The second kappa shape index (κ2) is 7.27. The van der Waals surface area contributed by atoms with Gasteiger partial charge in [0.2, 0.25) is 5.91 Å². The Kier molecular flexibility index (Phi) is 5.75. The lowest BCUT2D eigenvalue weighted by Gasteiger charge is -2.31. The third kappa shape index (κ3) is 3.37. The van der Waals surface area contributed by atoms with E-state index in [1.54, 1.807) is 0 Å². The molecular weight excluding hydrogens is 332 g/mol. The fourth-order valence-corrected chi connectivity index (χ4v) is 4.22. The zero-order valence-electron chi connectivity index (χ0n) is 13.9. The molecule has 3 rings (SSSR count). The molecule has 8 heteroatoms. The second-order valence-corrected chi connectivity index (χ2v) is 7.20. The van der Waals surface area contributed by atoms with E-state index in [9.17, 15) is 14.4 Å². The molecule has 3 fully saturated rings. The van der Waals surface area contributed by atoms with Crippen LogP contribution in [0, 0.1) is 0 Å². The van der Waals surface area contributed by atoms with Crippen LogP contribution in [0.25, 0.3) is 0 Å². The van der Waals surface area contributed by atoms with E-state index < -0.39 is 11.6 Å². The number of hydrogen-bond donors (Lipinski definition) is 3. The van der Waals surface area contributed by atoms with E-state index in [4.69, 9.17) is 5.73 Å². The maximum atomic E-state index is 12.7. The summed E-state index contributed by atoms with van der Waals surface area (Å²) in [6.07, 6.45) is 8.10. The lowest BCUT2D eigenvalue weighted by molar-refractivity contribution is -0.136. The molecule has 0 aromatic heterocycles. The Balaban J connectivity index is 0.00000208. The molecular formula is C16H27ClN4O3. The molecule has 1 spiro atoms. The van der Waals surface area contributed by atoms with Crippen molar-refractivity contribution >= 4 is 30.3 Å². The van der Waals surface area contributed by atoms with Gasteiger partial charge in [0, 0.05) is 6.54 Å². The van der Waals surface area contributed by atoms with E-state index in [0.717, 1.165) is 49.8 Å². The van der Waals surface area contributed by atoms with Crippen LogP contribution in [0.4, 0.5) is 4.79 Å². The first-order chi connectivity index (χ1) is 11.0. The number of imide groups is 1. The number of nitrogens with one attached hydrogen (secondary N) is 2. The Morgan fingerprint density at radius 3 is 2.25 bits per heavy atom. The fraction of sp³-hybridized carbons (Fsp3) is 0.812. The van der Waals surface area contributed by atoms with Gasteiger partial charge in [-0.2, -0.15) is 0 Å². The van der Waals surface area contributed by atoms with Crippen LogP contribution in [-0.2, 0) is 9.59 Å². The molecule has 0 bridgehead atoms. The van der Waals surface area contributed by atoms with Crippen LogP contribution in [0.15, 0.2) is 0 Å². The highest BCUT2D eigenvalue weighted by molar-refractivity contribution is 6.09. The van der Waals surface area contributed by atoms with Gasteiger partial charge in [0.25, 0.3) is 5.91 Å². The number of hydrogen-bond acceptors (Lipinski definition) is 4. The van der Waals surface area contributed by atoms with E-state index in [0.29, 0.717) is 19.4 Å². The number of amides is 4. The summed E-state index contributed by atoms with van der Waals surface area (Å²) in [4.78, 5) is 38.2. The van der Waals surface area contributed by atoms with Crippen LogP contribution in [0.1, 0.15) is 57.8 Å². The highest BCUT2D eigenvalue weighted by atomic mass is 35.5. The van der Waals surface area contributed by atoms with Gasteiger partial charge < -0.3 is 16.4 Å². The smallest absolute Gasteiger partial charge is 0.325 e. The predicted molar refractivity (Wildman–Crippen MR) is 91.7 cm³/mol. The molecule has 3 aliphatic rings. The summed E-state index contributed by atoms with van der Waals surface area (Å²) in [6, 6.07) is -0.444. The monoisotopic (exact) mass is 358 g/mol. The zero-order valence-corrected chi connectivity index (χ0v) is 14.8. The first-order valence-electron chi connectivity index (χ1n) is 8.66. The summed E-state index contributed by atoms with van der Waals surface area (Å²) in [7, 11) is 0. The number of carbonyl (C=O) groups is 3. The average Bonchev–Trinajstić information content (AvgIpc) is 3.08. The van der Waals surface area contributed by atoms with Crippen molar-refractivity contribution in [3.63, 3.8) is 0 Å². The SMILES string of the molecule is Cl.NCC1(NC(=O)CN2C(=O)NC3(CCCCC3)C2=O)CCCC1. The van der Waals surface area contributed by atoms with Gasteiger partial charge >= 0.3 is 6.03 Å². The number of nitrogens with zero attached hydrogens (tertiary/aromatic N) is 1. The lowest BCUT2D eigenvalue weighted by atomic mass is 9.82. The van der Waals surface area contributed by atoms with Crippen molar-refractivity contribution in [2.75, 3.05) is 13.1 Å². The van der Waals surface area contributed by atoms with Crippen molar-refractivity contribution in [1.29, 1.82) is 0 Å². The molecule has 136 valence electrons. The van der Waals surface area contributed by atoms with Crippen LogP contribution in [0.5, 0.6) is 0 Å². The van der Waals surface area contributed by atoms with Gasteiger partial charge in [-0.1, -0.05) is 32.1 Å². The van der Waals surface area contributed by atoms with Gasteiger partial charge in [0.05, 0.1) is 5.54 Å². The first-order valence-corrected chi connectivity index (χ1v) is 8.66. The van der Waals surface area contributed by atoms with Crippen LogP contribution < -0.4 is 16.4 Å². The fourth-order valence-electron chi connectivity index (χ4n) is 4.22. The third-order valence-electron chi connectivity index (χ3n) is 5.61.